The molecule has 2 nitrogen and oxygen atoms in total. The molecule has 0 saturated heterocycles. The van der Waals surface area contributed by atoms with Gasteiger partial charge in [0, 0.05) is 16.1 Å². The zero-order chi connectivity index (χ0) is 11.7. The van der Waals surface area contributed by atoms with E-state index in [1.54, 1.807) is 0 Å². The maximum absolute atomic E-state index is 10.1. The molecule has 0 unspecified atom stereocenters. The van der Waals surface area contributed by atoms with Gasteiger partial charge >= 0.3 is 0 Å². The second-order valence-electron chi connectivity index (χ2n) is 4.70. The summed E-state index contributed by atoms with van der Waals surface area (Å²) in [6.45, 7) is 1.91. The summed E-state index contributed by atoms with van der Waals surface area (Å²) >= 11 is 3.49. The van der Waals surface area contributed by atoms with E-state index >= 15 is 0 Å². The molecule has 2 rings (SSSR count). The highest BCUT2D eigenvalue weighted by Gasteiger charge is 2.27. The van der Waals surface area contributed by atoms with Gasteiger partial charge in [-0.25, -0.2) is 0 Å². The highest BCUT2D eigenvalue weighted by atomic mass is 79.9. The normalized spacial score (nSPS) is 17.8. The van der Waals surface area contributed by atoms with Crippen molar-refractivity contribution in [1.29, 1.82) is 0 Å². The molecular weight excluding hydrogens is 302 g/mol. The minimum absolute atomic E-state index is 0. The van der Waals surface area contributed by atoms with E-state index in [0.717, 1.165) is 15.6 Å². The van der Waals surface area contributed by atoms with Crippen molar-refractivity contribution in [3.05, 3.63) is 27.7 Å². The molecular formula is C13H19BrClNO. The van der Waals surface area contributed by atoms with Crippen molar-refractivity contribution in [1.82, 2.24) is 0 Å². The van der Waals surface area contributed by atoms with Crippen LogP contribution in [-0.4, -0.2) is 5.11 Å². The number of aromatic hydroxyl groups is 1. The van der Waals surface area contributed by atoms with Gasteiger partial charge in [0.1, 0.15) is 5.75 Å². The monoisotopic (exact) mass is 319 g/mol. The summed E-state index contributed by atoms with van der Waals surface area (Å²) in [4.78, 5) is 0. The summed E-state index contributed by atoms with van der Waals surface area (Å²) in [5.74, 6) is 0.873. The number of rotatable bonds is 2. The molecule has 0 radical (unpaired) electrons. The summed E-state index contributed by atoms with van der Waals surface area (Å²) in [5.41, 5.74) is 8.06. The van der Waals surface area contributed by atoms with Gasteiger partial charge in [0.2, 0.25) is 0 Å². The van der Waals surface area contributed by atoms with Crippen molar-refractivity contribution >= 4 is 28.3 Å². The minimum Gasteiger partial charge on any atom is -0.507 e. The molecule has 0 amide bonds. The first-order valence-electron chi connectivity index (χ1n) is 5.85. The van der Waals surface area contributed by atoms with Crippen molar-refractivity contribution in [2.75, 3.05) is 0 Å². The smallest absolute Gasteiger partial charge is 0.124 e. The number of halogens is 2. The molecule has 0 aromatic heterocycles. The molecule has 3 N–H and O–H groups in total. The van der Waals surface area contributed by atoms with Gasteiger partial charge in [0.05, 0.1) is 0 Å². The molecule has 4 heteroatoms. The molecule has 1 aromatic carbocycles. The Morgan fingerprint density at radius 3 is 2.53 bits per heavy atom. The Labute approximate surface area is 117 Å². The summed E-state index contributed by atoms with van der Waals surface area (Å²) in [7, 11) is 0. The van der Waals surface area contributed by atoms with Crippen molar-refractivity contribution in [2.45, 2.75) is 38.6 Å². The van der Waals surface area contributed by atoms with E-state index in [1.807, 2.05) is 19.1 Å². The first-order chi connectivity index (χ1) is 7.61. The van der Waals surface area contributed by atoms with Crippen molar-refractivity contribution < 1.29 is 5.11 Å². The Hall–Kier alpha value is -0.250. The Balaban J connectivity index is 0.00000144. The molecule has 0 spiro atoms. The second-order valence-corrected chi connectivity index (χ2v) is 5.55. The maximum atomic E-state index is 10.1. The first-order valence-corrected chi connectivity index (χ1v) is 6.64. The van der Waals surface area contributed by atoms with Crippen LogP contribution in [0, 0.1) is 12.8 Å². The quantitative estimate of drug-likeness (QED) is 0.862. The van der Waals surface area contributed by atoms with Crippen LogP contribution in [0.1, 0.15) is 42.9 Å². The second kappa shape index (κ2) is 6.07. The molecule has 1 fully saturated rings. The zero-order valence-electron chi connectivity index (χ0n) is 9.95. The topological polar surface area (TPSA) is 46.2 Å². The predicted molar refractivity (Wildman–Crippen MR) is 76.7 cm³/mol. The van der Waals surface area contributed by atoms with Crippen LogP contribution in [0.4, 0.5) is 0 Å². The number of hydrogen-bond donors (Lipinski definition) is 2. The van der Waals surface area contributed by atoms with Crippen molar-refractivity contribution in [2.24, 2.45) is 11.7 Å². The van der Waals surface area contributed by atoms with E-state index in [0.29, 0.717) is 11.7 Å². The summed E-state index contributed by atoms with van der Waals surface area (Å²) < 4.78 is 0.926. The first kappa shape index (κ1) is 14.8. The summed E-state index contributed by atoms with van der Waals surface area (Å²) in [5, 5.41) is 10.1. The van der Waals surface area contributed by atoms with Crippen LogP contribution < -0.4 is 5.73 Å². The number of phenolic OH excluding ortho intramolecular Hbond substituents is 1. The Bertz CT molecular complexity index is 391. The Morgan fingerprint density at radius 2 is 1.94 bits per heavy atom. The maximum Gasteiger partial charge on any atom is 0.124 e. The lowest BCUT2D eigenvalue weighted by Crippen LogP contribution is -2.20. The van der Waals surface area contributed by atoms with E-state index in [2.05, 4.69) is 15.9 Å². The average molecular weight is 321 g/mol. The van der Waals surface area contributed by atoms with Gasteiger partial charge in [-0.2, -0.15) is 0 Å². The van der Waals surface area contributed by atoms with Gasteiger partial charge in [0.25, 0.3) is 0 Å². The largest absolute Gasteiger partial charge is 0.507 e. The average Bonchev–Trinajstić information content (AvgIpc) is 2.77. The highest BCUT2D eigenvalue weighted by Crippen LogP contribution is 2.41. The third-order valence-electron chi connectivity index (χ3n) is 3.61. The number of phenols is 1. The van der Waals surface area contributed by atoms with E-state index in [9.17, 15) is 5.11 Å². The van der Waals surface area contributed by atoms with Gasteiger partial charge in [-0.1, -0.05) is 34.8 Å². The van der Waals surface area contributed by atoms with Gasteiger partial charge in [-0.3, -0.25) is 0 Å². The molecule has 1 atom stereocenters. The van der Waals surface area contributed by atoms with Crippen LogP contribution in [0.25, 0.3) is 0 Å². The lowest BCUT2D eigenvalue weighted by atomic mass is 9.91. The van der Waals surface area contributed by atoms with Gasteiger partial charge in [-0.05, 0) is 37.3 Å². The number of nitrogens with two attached hydrogens (primary N) is 1. The predicted octanol–water partition coefficient (Wildman–Crippen LogP) is 4.07. The van der Waals surface area contributed by atoms with Crippen LogP contribution in [0.3, 0.4) is 0 Å². The van der Waals surface area contributed by atoms with Crippen molar-refractivity contribution in [3.8, 4) is 5.75 Å². The van der Waals surface area contributed by atoms with Crippen LogP contribution >= 0.6 is 28.3 Å². The molecule has 1 aliphatic rings. The summed E-state index contributed by atoms with van der Waals surface area (Å²) in [6.07, 6.45) is 4.90. The molecule has 1 saturated carbocycles. The highest BCUT2D eigenvalue weighted by molar-refractivity contribution is 9.10. The van der Waals surface area contributed by atoms with Crippen LogP contribution in [0.2, 0.25) is 0 Å². The zero-order valence-corrected chi connectivity index (χ0v) is 12.4. The van der Waals surface area contributed by atoms with E-state index in [4.69, 9.17) is 5.73 Å². The van der Waals surface area contributed by atoms with Gasteiger partial charge in [-0.15, -0.1) is 12.4 Å². The summed E-state index contributed by atoms with van der Waals surface area (Å²) in [6, 6.07) is 3.83. The van der Waals surface area contributed by atoms with Gasteiger partial charge < -0.3 is 10.8 Å². The van der Waals surface area contributed by atoms with Crippen LogP contribution in [-0.2, 0) is 0 Å². The SMILES string of the molecule is Cc1ccc(Br)c([C@@H](N)C2CCCC2)c1O.Cl. The molecule has 0 aliphatic heterocycles. The number of aryl methyl sites for hydroxylation is 1. The molecule has 96 valence electrons. The number of hydrogen-bond acceptors (Lipinski definition) is 2. The molecule has 17 heavy (non-hydrogen) atoms. The molecule has 1 aliphatic carbocycles. The van der Waals surface area contributed by atoms with E-state index in [-0.39, 0.29) is 18.4 Å². The fourth-order valence-electron chi connectivity index (χ4n) is 2.56. The van der Waals surface area contributed by atoms with E-state index < -0.39 is 0 Å². The third-order valence-corrected chi connectivity index (χ3v) is 4.30. The van der Waals surface area contributed by atoms with Crippen LogP contribution in [0.5, 0.6) is 5.75 Å². The molecule has 0 heterocycles. The Morgan fingerprint density at radius 1 is 1.35 bits per heavy atom. The molecule has 0 bridgehead atoms. The number of benzene rings is 1. The van der Waals surface area contributed by atoms with Gasteiger partial charge in [0.15, 0.2) is 0 Å². The lowest BCUT2D eigenvalue weighted by molar-refractivity contribution is 0.409. The fraction of sp³-hybridized carbons (Fsp3) is 0.538. The standard InChI is InChI=1S/C13H18BrNO.ClH/c1-8-6-7-10(14)11(13(8)16)12(15)9-4-2-3-5-9;/h6-7,9,12,16H,2-5,15H2,1H3;1H/t12-;/m0./s1. The fourth-order valence-corrected chi connectivity index (χ4v) is 3.15. The van der Waals surface area contributed by atoms with Crippen molar-refractivity contribution in [3.63, 3.8) is 0 Å². The van der Waals surface area contributed by atoms with Crippen LogP contribution in [0.15, 0.2) is 16.6 Å². The minimum atomic E-state index is -0.0447. The molecule has 1 aromatic rings. The third kappa shape index (κ3) is 2.95. The lowest BCUT2D eigenvalue weighted by Gasteiger charge is -2.22. The Kier molecular flexibility index (Phi) is 5.29. The van der Waals surface area contributed by atoms with E-state index in [1.165, 1.54) is 25.7 Å².